The molecule has 1 aromatic rings. The number of aliphatic carboxylic acids is 1. The smallest absolute Gasteiger partial charge is 0.307 e. The van der Waals surface area contributed by atoms with Crippen LogP contribution in [0.2, 0.25) is 0 Å². The minimum atomic E-state index is -0.627. The second-order valence-electron chi connectivity index (χ2n) is 5.50. The third-order valence-electron chi connectivity index (χ3n) is 4.44. The molecule has 1 aliphatic rings. The number of carboxylic acid groups (broad SMARTS) is 1. The zero-order valence-electron chi connectivity index (χ0n) is 11.2. The van der Waals surface area contributed by atoms with Gasteiger partial charge in [-0.1, -0.05) is 37.6 Å². The van der Waals surface area contributed by atoms with Gasteiger partial charge in [0.25, 0.3) is 0 Å². The van der Waals surface area contributed by atoms with Crippen molar-refractivity contribution in [1.82, 2.24) is 0 Å². The van der Waals surface area contributed by atoms with Gasteiger partial charge in [0, 0.05) is 0 Å². The Morgan fingerprint density at radius 1 is 1.33 bits per heavy atom. The topological polar surface area (TPSA) is 37.3 Å². The van der Waals surface area contributed by atoms with E-state index in [2.05, 4.69) is 26.0 Å². The molecule has 2 nitrogen and oxygen atoms in total. The largest absolute Gasteiger partial charge is 0.481 e. The molecular weight excluding hydrogens is 224 g/mol. The fraction of sp³-hybridized carbons (Fsp3) is 0.562. The molecule has 0 heterocycles. The van der Waals surface area contributed by atoms with Gasteiger partial charge in [-0.05, 0) is 49.1 Å². The van der Waals surface area contributed by atoms with Crippen molar-refractivity contribution in [3.8, 4) is 0 Å². The first-order valence-corrected chi connectivity index (χ1v) is 6.91. The maximum Gasteiger partial charge on any atom is 0.307 e. The molecule has 1 N–H and O–H groups in total. The maximum atomic E-state index is 11.4. The lowest BCUT2D eigenvalue weighted by Gasteiger charge is -2.34. The maximum absolute atomic E-state index is 11.4. The lowest BCUT2D eigenvalue weighted by atomic mass is 9.69. The standard InChI is InChI=1S/C16H22O2/c1-3-12-8-9-14(16(17)18)15(10-12)13-7-5-4-6-11(13)2/h4-7,12,14-15H,3,8-10H2,1-2H3,(H,17,18). The summed E-state index contributed by atoms with van der Waals surface area (Å²) >= 11 is 0. The summed E-state index contributed by atoms with van der Waals surface area (Å²) in [7, 11) is 0. The Morgan fingerprint density at radius 3 is 2.67 bits per heavy atom. The van der Waals surface area contributed by atoms with Gasteiger partial charge in [0.1, 0.15) is 0 Å². The molecule has 3 atom stereocenters. The van der Waals surface area contributed by atoms with E-state index >= 15 is 0 Å². The van der Waals surface area contributed by atoms with Crippen LogP contribution in [-0.2, 0) is 4.79 Å². The van der Waals surface area contributed by atoms with Crippen molar-refractivity contribution in [2.75, 3.05) is 0 Å². The molecule has 1 aliphatic carbocycles. The quantitative estimate of drug-likeness (QED) is 0.875. The number of rotatable bonds is 3. The van der Waals surface area contributed by atoms with E-state index < -0.39 is 5.97 Å². The van der Waals surface area contributed by atoms with E-state index in [0.29, 0.717) is 5.92 Å². The van der Waals surface area contributed by atoms with E-state index in [1.165, 1.54) is 11.1 Å². The summed E-state index contributed by atoms with van der Waals surface area (Å²) in [6.45, 7) is 4.30. The highest BCUT2D eigenvalue weighted by Crippen LogP contribution is 2.42. The van der Waals surface area contributed by atoms with Crippen molar-refractivity contribution in [3.05, 3.63) is 35.4 Å². The van der Waals surface area contributed by atoms with Crippen molar-refractivity contribution in [2.24, 2.45) is 11.8 Å². The fourth-order valence-electron chi connectivity index (χ4n) is 3.27. The summed E-state index contributed by atoms with van der Waals surface area (Å²) in [6, 6.07) is 8.24. The van der Waals surface area contributed by atoms with Gasteiger partial charge in [-0.2, -0.15) is 0 Å². The van der Waals surface area contributed by atoms with Gasteiger partial charge in [-0.3, -0.25) is 4.79 Å². The van der Waals surface area contributed by atoms with E-state index in [0.717, 1.165) is 25.7 Å². The van der Waals surface area contributed by atoms with Gasteiger partial charge in [-0.25, -0.2) is 0 Å². The number of hydrogen-bond acceptors (Lipinski definition) is 1. The molecule has 1 aromatic carbocycles. The molecule has 0 aromatic heterocycles. The molecule has 0 aliphatic heterocycles. The van der Waals surface area contributed by atoms with Crippen LogP contribution >= 0.6 is 0 Å². The van der Waals surface area contributed by atoms with E-state index in [1.807, 2.05) is 12.1 Å². The molecule has 18 heavy (non-hydrogen) atoms. The molecule has 2 rings (SSSR count). The second-order valence-corrected chi connectivity index (χ2v) is 5.50. The van der Waals surface area contributed by atoms with Crippen LogP contribution in [0.1, 0.15) is 49.7 Å². The Balaban J connectivity index is 2.30. The van der Waals surface area contributed by atoms with Crippen LogP contribution in [0.3, 0.4) is 0 Å². The Labute approximate surface area is 109 Å². The van der Waals surface area contributed by atoms with Gasteiger partial charge >= 0.3 is 5.97 Å². The third kappa shape index (κ3) is 2.58. The van der Waals surface area contributed by atoms with Gasteiger partial charge in [0.2, 0.25) is 0 Å². The van der Waals surface area contributed by atoms with Crippen LogP contribution < -0.4 is 0 Å². The molecule has 0 spiro atoms. The lowest BCUT2D eigenvalue weighted by Crippen LogP contribution is -2.29. The fourth-order valence-corrected chi connectivity index (χ4v) is 3.27. The number of carbonyl (C=O) groups is 1. The summed E-state index contributed by atoms with van der Waals surface area (Å²) in [5.74, 6) is 0.0549. The Bertz CT molecular complexity index is 425. The second kappa shape index (κ2) is 5.55. The third-order valence-corrected chi connectivity index (χ3v) is 4.44. The number of carboxylic acids is 1. The normalized spacial score (nSPS) is 28.0. The van der Waals surface area contributed by atoms with E-state index in [9.17, 15) is 9.90 Å². The number of benzene rings is 1. The minimum Gasteiger partial charge on any atom is -0.481 e. The molecule has 0 radical (unpaired) electrons. The number of hydrogen-bond donors (Lipinski definition) is 1. The predicted octanol–water partition coefficient (Wildman–Crippen LogP) is 3.99. The highest BCUT2D eigenvalue weighted by molar-refractivity contribution is 5.71. The van der Waals surface area contributed by atoms with Crippen molar-refractivity contribution in [2.45, 2.75) is 45.4 Å². The van der Waals surface area contributed by atoms with Crippen LogP contribution in [0.4, 0.5) is 0 Å². The molecule has 0 saturated heterocycles. The van der Waals surface area contributed by atoms with E-state index in [1.54, 1.807) is 0 Å². The summed E-state index contributed by atoms with van der Waals surface area (Å²) < 4.78 is 0. The van der Waals surface area contributed by atoms with Crippen molar-refractivity contribution in [1.29, 1.82) is 0 Å². The summed E-state index contributed by atoms with van der Waals surface area (Å²) in [5.41, 5.74) is 2.47. The van der Waals surface area contributed by atoms with E-state index in [4.69, 9.17) is 0 Å². The molecule has 98 valence electrons. The molecule has 0 bridgehead atoms. The first kappa shape index (κ1) is 13.1. The van der Waals surface area contributed by atoms with Crippen molar-refractivity contribution < 1.29 is 9.90 Å². The van der Waals surface area contributed by atoms with Crippen LogP contribution in [0.5, 0.6) is 0 Å². The molecule has 0 amide bonds. The molecular formula is C16H22O2. The molecule has 1 fully saturated rings. The van der Waals surface area contributed by atoms with Gasteiger partial charge in [-0.15, -0.1) is 0 Å². The summed E-state index contributed by atoms with van der Waals surface area (Å²) in [5, 5.41) is 9.42. The number of aryl methyl sites for hydroxylation is 1. The monoisotopic (exact) mass is 246 g/mol. The Hall–Kier alpha value is -1.31. The SMILES string of the molecule is CCC1CCC(C(=O)O)C(c2ccccc2C)C1. The predicted molar refractivity (Wildman–Crippen MR) is 72.7 cm³/mol. The van der Waals surface area contributed by atoms with Crippen LogP contribution in [-0.4, -0.2) is 11.1 Å². The highest BCUT2D eigenvalue weighted by atomic mass is 16.4. The summed E-state index contributed by atoms with van der Waals surface area (Å²) in [4.78, 5) is 11.4. The first-order chi connectivity index (χ1) is 8.63. The molecule has 1 saturated carbocycles. The summed E-state index contributed by atoms with van der Waals surface area (Å²) in [6.07, 6.45) is 4.08. The van der Waals surface area contributed by atoms with Crippen molar-refractivity contribution in [3.63, 3.8) is 0 Å². The Kier molecular flexibility index (Phi) is 4.05. The first-order valence-electron chi connectivity index (χ1n) is 6.91. The lowest BCUT2D eigenvalue weighted by molar-refractivity contribution is -0.143. The average Bonchev–Trinajstić information content (AvgIpc) is 2.38. The van der Waals surface area contributed by atoms with Crippen LogP contribution in [0.25, 0.3) is 0 Å². The average molecular weight is 246 g/mol. The van der Waals surface area contributed by atoms with Gasteiger partial charge < -0.3 is 5.11 Å². The zero-order chi connectivity index (χ0) is 13.1. The molecule has 3 unspecified atom stereocenters. The van der Waals surface area contributed by atoms with E-state index in [-0.39, 0.29) is 11.8 Å². The van der Waals surface area contributed by atoms with Crippen LogP contribution in [0.15, 0.2) is 24.3 Å². The Morgan fingerprint density at radius 2 is 2.06 bits per heavy atom. The zero-order valence-corrected chi connectivity index (χ0v) is 11.2. The van der Waals surface area contributed by atoms with Gasteiger partial charge in [0.05, 0.1) is 5.92 Å². The highest BCUT2D eigenvalue weighted by Gasteiger charge is 2.35. The van der Waals surface area contributed by atoms with Gasteiger partial charge in [0.15, 0.2) is 0 Å². The minimum absolute atomic E-state index is 0.197. The van der Waals surface area contributed by atoms with Crippen LogP contribution in [0, 0.1) is 18.8 Å². The van der Waals surface area contributed by atoms with Crippen molar-refractivity contribution >= 4 is 5.97 Å². The molecule has 2 heteroatoms.